The number of thioether (sulfide) groups is 1. The summed E-state index contributed by atoms with van der Waals surface area (Å²) < 4.78 is 5.97. The van der Waals surface area contributed by atoms with Gasteiger partial charge in [0.25, 0.3) is 5.91 Å². The molecule has 1 amide bonds. The van der Waals surface area contributed by atoms with E-state index in [1.54, 1.807) is 29.2 Å². The van der Waals surface area contributed by atoms with Crippen LogP contribution in [0, 0.1) is 0 Å². The third-order valence-electron chi connectivity index (χ3n) is 6.07. The van der Waals surface area contributed by atoms with Gasteiger partial charge in [0.1, 0.15) is 5.75 Å². The predicted molar refractivity (Wildman–Crippen MR) is 155 cm³/mol. The van der Waals surface area contributed by atoms with E-state index in [0.29, 0.717) is 16.7 Å². The molecule has 5 rings (SSSR count). The molecule has 0 saturated carbocycles. The lowest BCUT2D eigenvalue weighted by molar-refractivity contribution is -0.122. The van der Waals surface area contributed by atoms with Crippen LogP contribution in [0.2, 0.25) is 0 Å². The molecule has 39 heavy (non-hydrogen) atoms. The van der Waals surface area contributed by atoms with Gasteiger partial charge in [-0.05, 0) is 70.9 Å². The summed E-state index contributed by atoms with van der Waals surface area (Å²) in [5.41, 5.74) is 3.82. The second kappa shape index (κ2) is 12.3. The molecule has 1 heterocycles. The number of carbonyl (C=O) groups excluding carboxylic acids is 1. The number of amidine groups is 1. The molecule has 7 heteroatoms. The van der Waals surface area contributed by atoms with Crippen molar-refractivity contribution < 1.29 is 19.4 Å². The van der Waals surface area contributed by atoms with Crippen LogP contribution in [0.15, 0.2) is 119 Å². The van der Waals surface area contributed by atoms with E-state index in [-0.39, 0.29) is 18.0 Å². The van der Waals surface area contributed by atoms with Crippen LogP contribution in [0.3, 0.4) is 0 Å². The fourth-order valence-electron chi connectivity index (χ4n) is 4.06. The second-order valence-corrected chi connectivity index (χ2v) is 9.90. The zero-order chi connectivity index (χ0) is 27.0. The van der Waals surface area contributed by atoms with Crippen molar-refractivity contribution >= 4 is 40.6 Å². The molecule has 1 aliphatic heterocycles. The summed E-state index contributed by atoms with van der Waals surface area (Å²) in [6.07, 6.45) is 2.66. The molecule has 6 nitrogen and oxygen atoms in total. The molecule has 4 aromatic carbocycles. The van der Waals surface area contributed by atoms with Gasteiger partial charge in [0.15, 0.2) is 5.17 Å². The average molecular weight is 535 g/mol. The van der Waals surface area contributed by atoms with Gasteiger partial charge < -0.3 is 9.84 Å². The lowest BCUT2D eigenvalue weighted by Crippen LogP contribution is -2.28. The van der Waals surface area contributed by atoms with Gasteiger partial charge in [0.05, 0.1) is 29.3 Å². The van der Waals surface area contributed by atoms with E-state index < -0.39 is 5.97 Å². The van der Waals surface area contributed by atoms with E-state index in [1.165, 1.54) is 17.3 Å². The highest BCUT2D eigenvalue weighted by Crippen LogP contribution is 2.35. The standard InChI is InChI=1S/C32H26N2O4S/c35-30-29(21-25-10-7-13-28(20-25)38-19-18-23-8-3-1-4-9-23)39-32(33-27-11-5-2-6-12-27)34(30)22-24-14-16-26(17-15-24)31(36)37/h1-17,20-21H,18-19,22H2,(H,36,37)/b29-21-,33-32?. The summed E-state index contributed by atoms with van der Waals surface area (Å²) in [7, 11) is 0. The highest BCUT2D eigenvalue weighted by Gasteiger charge is 2.33. The van der Waals surface area contributed by atoms with Crippen LogP contribution in [-0.2, 0) is 17.8 Å². The zero-order valence-corrected chi connectivity index (χ0v) is 21.9. The summed E-state index contributed by atoms with van der Waals surface area (Å²) in [6.45, 7) is 0.831. The fourth-order valence-corrected chi connectivity index (χ4v) is 5.05. The molecule has 0 spiro atoms. The summed E-state index contributed by atoms with van der Waals surface area (Å²) in [4.78, 5) is 31.7. The Kier molecular flexibility index (Phi) is 8.19. The van der Waals surface area contributed by atoms with Gasteiger partial charge in [0.2, 0.25) is 0 Å². The summed E-state index contributed by atoms with van der Waals surface area (Å²) in [6, 6.07) is 33.9. The van der Waals surface area contributed by atoms with E-state index in [0.717, 1.165) is 29.0 Å². The Labute approximate surface area is 231 Å². The number of carbonyl (C=O) groups is 2. The SMILES string of the molecule is O=C(O)c1ccc(CN2C(=O)/C(=C/c3cccc(OCCc4ccccc4)c3)SC2=Nc2ccccc2)cc1. The molecule has 194 valence electrons. The lowest BCUT2D eigenvalue weighted by atomic mass is 10.1. The summed E-state index contributed by atoms with van der Waals surface area (Å²) >= 11 is 1.32. The van der Waals surface area contributed by atoms with Crippen LogP contribution in [0.4, 0.5) is 5.69 Å². The Balaban J connectivity index is 1.36. The van der Waals surface area contributed by atoms with Gasteiger partial charge >= 0.3 is 5.97 Å². The molecule has 4 aromatic rings. The average Bonchev–Trinajstić information content (AvgIpc) is 3.23. The van der Waals surface area contributed by atoms with Crippen molar-refractivity contribution in [3.05, 3.63) is 136 Å². The van der Waals surface area contributed by atoms with E-state index in [9.17, 15) is 14.7 Å². The number of rotatable bonds is 9. The number of aromatic carboxylic acids is 1. The monoisotopic (exact) mass is 534 g/mol. The van der Waals surface area contributed by atoms with Crippen molar-refractivity contribution in [2.45, 2.75) is 13.0 Å². The number of aliphatic imine (C=N–C) groups is 1. The minimum atomic E-state index is -0.989. The maximum Gasteiger partial charge on any atom is 0.335 e. The van der Waals surface area contributed by atoms with Gasteiger partial charge in [-0.15, -0.1) is 0 Å². The molecule has 0 bridgehead atoms. The van der Waals surface area contributed by atoms with Gasteiger partial charge in [-0.25, -0.2) is 9.79 Å². The van der Waals surface area contributed by atoms with E-state index in [1.807, 2.05) is 78.9 Å². The Bertz CT molecular complexity index is 1520. The van der Waals surface area contributed by atoms with Gasteiger partial charge in [-0.2, -0.15) is 0 Å². The molecular formula is C32H26N2O4S. The number of para-hydroxylation sites is 1. The highest BCUT2D eigenvalue weighted by molar-refractivity contribution is 8.18. The fraction of sp³-hybridized carbons (Fsp3) is 0.0938. The molecule has 1 fully saturated rings. The molecular weight excluding hydrogens is 508 g/mol. The van der Waals surface area contributed by atoms with Gasteiger partial charge in [-0.3, -0.25) is 9.69 Å². The second-order valence-electron chi connectivity index (χ2n) is 8.89. The molecule has 0 atom stereocenters. The Morgan fingerprint density at radius 1 is 0.872 bits per heavy atom. The summed E-state index contributed by atoms with van der Waals surface area (Å²) in [5.74, 6) is -0.408. The largest absolute Gasteiger partial charge is 0.493 e. The normalized spacial score (nSPS) is 15.2. The van der Waals surface area contributed by atoms with Crippen molar-refractivity contribution in [3.63, 3.8) is 0 Å². The molecule has 0 aliphatic carbocycles. The molecule has 1 aliphatic rings. The summed E-state index contributed by atoms with van der Waals surface area (Å²) in [5, 5.41) is 9.76. The predicted octanol–water partition coefficient (Wildman–Crippen LogP) is 6.81. The maximum atomic E-state index is 13.5. The van der Waals surface area contributed by atoms with Gasteiger partial charge in [-0.1, -0.05) is 72.8 Å². The number of amides is 1. The van der Waals surface area contributed by atoms with Gasteiger partial charge in [0, 0.05) is 6.42 Å². The molecule has 1 N–H and O–H groups in total. The van der Waals surface area contributed by atoms with Crippen molar-refractivity contribution in [2.75, 3.05) is 6.61 Å². The minimum Gasteiger partial charge on any atom is -0.493 e. The third-order valence-corrected chi connectivity index (χ3v) is 7.08. The smallest absolute Gasteiger partial charge is 0.335 e. The van der Waals surface area contributed by atoms with Crippen LogP contribution in [0.1, 0.15) is 27.0 Å². The topological polar surface area (TPSA) is 79.2 Å². The van der Waals surface area contributed by atoms with Crippen molar-refractivity contribution in [1.82, 2.24) is 4.90 Å². The van der Waals surface area contributed by atoms with E-state index in [4.69, 9.17) is 9.73 Å². The molecule has 0 aromatic heterocycles. The first kappa shape index (κ1) is 26.0. The Hall–Kier alpha value is -4.62. The van der Waals surface area contributed by atoms with Crippen LogP contribution < -0.4 is 4.74 Å². The first-order valence-electron chi connectivity index (χ1n) is 12.5. The van der Waals surface area contributed by atoms with Crippen molar-refractivity contribution in [2.24, 2.45) is 4.99 Å². The Morgan fingerprint density at radius 2 is 1.59 bits per heavy atom. The molecule has 0 unspecified atom stereocenters. The quantitative estimate of drug-likeness (QED) is 0.239. The number of ether oxygens (including phenoxy) is 1. The minimum absolute atomic E-state index is 0.160. The van der Waals surface area contributed by atoms with Crippen LogP contribution in [-0.4, -0.2) is 33.7 Å². The number of carboxylic acid groups (broad SMARTS) is 1. The number of nitrogens with zero attached hydrogens (tertiary/aromatic N) is 2. The van der Waals surface area contributed by atoms with Crippen molar-refractivity contribution in [1.29, 1.82) is 0 Å². The van der Waals surface area contributed by atoms with Crippen molar-refractivity contribution in [3.8, 4) is 5.75 Å². The highest BCUT2D eigenvalue weighted by atomic mass is 32.2. The lowest BCUT2D eigenvalue weighted by Gasteiger charge is -2.16. The van der Waals surface area contributed by atoms with E-state index in [2.05, 4.69) is 12.1 Å². The first-order valence-corrected chi connectivity index (χ1v) is 13.3. The Morgan fingerprint density at radius 3 is 2.31 bits per heavy atom. The first-order chi connectivity index (χ1) is 19.0. The molecule has 1 saturated heterocycles. The van der Waals surface area contributed by atoms with Crippen LogP contribution >= 0.6 is 11.8 Å². The number of hydrogen-bond acceptors (Lipinski definition) is 5. The number of benzene rings is 4. The van der Waals surface area contributed by atoms with Crippen LogP contribution in [0.5, 0.6) is 5.75 Å². The molecule has 0 radical (unpaired) electrons. The third kappa shape index (κ3) is 6.83. The van der Waals surface area contributed by atoms with E-state index >= 15 is 0 Å². The van der Waals surface area contributed by atoms with Crippen LogP contribution in [0.25, 0.3) is 6.08 Å². The maximum absolute atomic E-state index is 13.5. The zero-order valence-electron chi connectivity index (χ0n) is 21.1. The number of carboxylic acids is 1. The number of hydrogen-bond donors (Lipinski definition) is 1.